The molecule has 0 aliphatic carbocycles. The SMILES string of the molecule is [O]N1CCCc2nc3c(nc21)CCCN3[O]. The van der Waals surface area contributed by atoms with Crippen LogP contribution in [-0.4, -0.2) is 23.1 Å². The van der Waals surface area contributed by atoms with Crippen molar-refractivity contribution in [2.45, 2.75) is 25.7 Å². The monoisotopic (exact) mass is 220 g/mol. The second kappa shape index (κ2) is 3.57. The van der Waals surface area contributed by atoms with Gasteiger partial charge in [-0.05, 0) is 25.7 Å². The molecular formula is C10H12N4O2. The molecule has 3 heterocycles. The van der Waals surface area contributed by atoms with E-state index < -0.39 is 0 Å². The molecule has 2 aliphatic heterocycles. The van der Waals surface area contributed by atoms with Crippen molar-refractivity contribution in [1.29, 1.82) is 0 Å². The first-order valence-corrected chi connectivity index (χ1v) is 5.55. The minimum Gasteiger partial charge on any atom is -0.228 e. The zero-order chi connectivity index (χ0) is 11.1. The Hall–Kier alpha value is -1.40. The van der Waals surface area contributed by atoms with Gasteiger partial charge in [0.05, 0.1) is 24.5 Å². The molecular weight excluding hydrogens is 208 g/mol. The van der Waals surface area contributed by atoms with Crippen LogP contribution in [0.4, 0.5) is 11.6 Å². The highest BCUT2D eigenvalue weighted by Crippen LogP contribution is 2.29. The van der Waals surface area contributed by atoms with E-state index >= 15 is 0 Å². The molecule has 0 N–H and O–H groups in total. The fraction of sp³-hybridized carbons (Fsp3) is 0.600. The molecule has 2 aliphatic rings. The Morgan fingerprint density at radius 1 is 0.812 bits per heavy atom. The second-order valence-corrected chi connectivity index (χ2v) is 4.18. The average molecular weight is 220 g/mol. The third-order valence-electron chi connectivity index (χ3n) is 3.02. The summed E-state index contributed by atoms with van der Waals surface area (Å²) in [5.41, 5.74) is 1.34. The molecule has 1 aromatic rings. The number of hydrogen-bond acceptors (Lipinski definition) is 4. The largest absolute Gasteiger partial charge is 0.228 e. The molecule has 0 spiro atoms. The summed E-state index contributed by atoms with van der Waals surface area (Å²) in [6.07, 6.45) is 3.04. The molecule has 0 amide bonds. The van der Waals surface area contributed by atoms with E-state index in [2.05, 4.69) is 9.97 Å². The Bertz CT molecular complexity index is 384. The number of hydroxylamine groups is 2. The fourth-order valence-electron chi connectivity index (χ4n) is 2.21. The standard InChI is InChI=1S/C10H12N4O2/c15-13-5-1-3-7-9(13)12-8-4-2-6-14(16)10(8)11-7/h1-6H2. The average Bonchev–Trinajstić information content (AvgIpc) is 2.29. The number of fused-ring (bicyclic) bond motifs is 2. The van der Waals surface area contributed by atoms with E-state index in [1.165, 1.54) is 0 Å². The van der Waals surface area contributed by atoms with E-state index in [9.17, 15) is 10.4 Å². The van der Waals surface area contributed by atoms with Crippen molar-refractivity contribution in [3.63, 3.8) is 0 Å². The number of aryl methyl sites for hydroxylation is 2. The Morgan fingerprint density at radius 2 is 1.25 bits per heavy atom. The predicted molar refractivity (Wildman–Crippen MR) is 54.7 cm³/mol. The third kappa shape index (κ3) is 1.42. The van der Waals surface area contributed by atoms with Crippen LogP contribution < -0.4 is 10.1 Å². The number of hydrogen-bond donors (Lipinski definition) is 0. The zero-order valence-electron chi connectivity index (χ0n) is 8.85. The first kappa shape index (κ1) is 9.80. The van der Waals surface area contributed by atoms with Crippen molar-refractivity contribution >= 4 is 11.6 Å². The quantitative estimate of drug-likeness (QED) is 0.644. The normalized spacial score (nSPS) is 19.4. The Labute approximate surface area is 93.1 Å². The maximum absolute atomic E-state index is 11.6. The predicted octanol–water partition coefficient (Wildman–Crippen LogP) is 0.673. The van der Waals surface area contributed by atoms with Crippen LogP contribution >= 0.6 is 0 Å². The summed E-state index contributed by atoms with van der Waals surface area (Å²) in [4.78, 5) is 8.59. The molecule has 0 saturated heterocycles. The summed E-state index contributed by atoms with van der Waals surface area (Å²) < 4.78 is 0. The van der Waals surface area contributed by atoms with Crippen molar-refractivity contribution in [2.24, 2.45) is 0 Å². The van der Waals surface area contributed by atoms with Crippen molar-refractivity contribution in [3.05, 3.63) is 11.4 Å². The molecule has 0 unspecified atom stereocenters. The van der Waals surface area contributed by atoms with Gasteiger partial charge in [-0.15, -0.1) is 0 Å². The summed E-state index contributed by atoms with van der Waals surface area (Å²) in [6, 6.07) is 0. The van der Waals surface area contributed by atoms with Crippen molar-refractivity contribution in [3.8, 4) is 0 Å². The summed E-state index contributed by atoms with van der Waals surface area (Å²) in [7, 11) is 0. The van der Waals surface area contributed by atoms with Crippen LogP contribution in [0.3, 0.4) is 0 Å². The maximum atomic E-state index is 11.6. The van der Waals surface area contributed by atoms with Gasteiger partial charge < -0.3 is 0 Å². The van der Waals surface area contributed by atoms with Crippen LogP contribution in [0.2, 0.25) is 0 Å². The first-order chi connectivity index (χ1) is 7.75. The van der Waals surface area contributed by atoms with Gasteiger partial charge in [-0.3, -0.25) is 0 Å². The molecule has 6 heteroatoms. The first-order valence-electron chi connectivity index (χ1n) is 5.55. The van der Waals surface area contributed by atoms with E-state index in [1.807, 2.05) is 0 Å². The maximum Gasteiger partial charge on any atom is 0.177 e. The van der Waals surface area contributed by atoms with Crippen molar-refractivity contribution in [2.75, 3.05) is 23.2 Å². The number of nitrogens with zero attached hydrogens (tertiary/aromatic N) is 4. The van der Waals surface area contributed by atoms with E-state index in [1.54, 1.807) is 0 Å². The van der Waals surface area contributed by atoms with E-state index in [-0.39, 0.29) is 0 Å². The molecule has 84 valence electrons. The highest BCUT2D eigenvalue weighted by Gasteiger charge is 2.26. The zero-order valence-corrected chi connectivity index (χ0v) is 8.85. The second-order valence-electron chi connectivity index (χ2n) is 4.18. The molecule has 6 nitrogen and oxygen atoms in total. The topological polar surface area (TPSA) is 72.1 Å². The lowest BCUT2D eigenvalue weighted by Gasteiger charge is -2.26. The van der Waals surface area contributed by atoms with Crippen LogP contribution in [0.15, 0.2) is 0 Å². The van der Waals surface area contributed by atoms with Crippen LogP contribution in [0.25, 0.3) is 0 Å². The molecule has 0 saturated carbocycles. The Balaban J connectivity index is 2.10. The van der Waals surface area contributed by atoms with Gasteiger partial charge >= 0.3 is 0 Å². The van der Waals surface area contributed by atoms with Crippen molar-refractivity contribution < 1.29 is 10.4 Å². The Morgan fingerprint density at radius 3 is 1.69 bits per heavy atom. The van der Waals surface area contributed by atoms with Crippen LogP contribution in [0, 0.1) is 0 Å². The minimum atomic E-state index is 0.417. The smallest absolute Gasteiger partial charge is 0.177 e. The lowest BCUT2D eigenvalue weighted by Crippen LogP contribution is -2.31. The lowest BCUT2D eigenvalue weighted by atomic mass is 10.1. The van der Waals surface area contributed by atoms with Gasteiger partial charge in [0, 0.05) is 0 Å². The molecule has 2 radical (unpaired) electrons. The van der Waals surface area contributed by atoms with Gasteiger partial charge in [0.1, 0.15) is 0 Å². The van der Waals surface area contributed by atoms with Crippen LogP contribution in [0.5, 0.6) is 0 Å². The summed E-state index contributed by atoms with van der Waals surface area (Å²) in [5, 5.41) is 24.9. The summed E-state index contributed by atoms with van der Waals surface area (Å²) >= 11 is 0. The van der Waals surface area contributed by atoms with Gasteiger partial charge in [-0.2, -0.15) is 0 Å². The summed E-state index contributed by atoms with van der Waals surface area (Å²) in [5.74, 6) is 0.834. The third-order valence-corrected chi connectivity index (χ3v) is 3.02. The van der Waals surface area contributed by atoms with Crippen LogP contribution in [-0.2, 0) is 23.3 Å². The van der Waals surface area contributed by atoms with Crippen LogP contribution in [0.1, 0.15) is 24.2 Å². The molecule has 1 aromatic heterocycles. The van der Waals surface area contributed by atoms with Gasteiger partial charge in [-0.1, -0.05) is 10.4 Å². The minimum absolute atomic E-state index is 0.417. The fourth-order valence-corrected chi connectivity index (χ4v) is 2.21. The molecule has 0 bridgehead atoms. The summed E-state index contributed by atoms with van der Waals surface area (Å²) in [6.45, 7) is 0.948. The molecule has 0 aromatic carbocycles. The lowest BCUT2D eigenvalue weighted by molar-refractivity contribution is 0.143. The van der Waals surface area contributed by atoms with E-state index in [0.29, 0.717) is 36.1 Å². The van der Waals surface area contributed by atoms with E-state index in [4.69, 9.17) is 0 Å². The van der Waals surface area contributed by atoms with Gasteiger partial charge in [0.25, 0.3) is 0 Å². The highest BCUT2D eigenvalue weighted by molar-refractivity contribution is 5.52. The van der Waals surface area contributed by atoms with Crippen molar-refractivity contribution in [1.82, 2.24) is 9.97 Å². The molecule has 3 rings (SSSR count). The molecule has 16 heavy (non-hydrogen) atoms. The number of aromatic nitrogens is 2. The Kier molecular flexibility index (Phi) is 2.19. The molecule has 0 fully saturated rings. The van der Waals surface area contributed by atoms with Gasteiger partial charge in [-0.25, -0.2) is 20.1 Å². The van der Waals surface area contributed by atoms with E-state index in [0.717, 1.165) is 35.8 Å². The number of rotatable bonds is 0. The highest BCUT2D eigenvalue weighted by atomic mass is 16.5. The molecule has 0 atom stereocenters. The van der Waals surface area contributed by atoms with Gasteiger partial charge in [0.2, 0.25) is 0 Å². The number of anilines is 2. The van der Waals surface area contributed by atoms with Gasteiger partial charge in [0.15, 0.2) is 11.6 Å².